The van der Waals surface area contributed by atoms with E-state index in [1.165, 1.54) is 0 Å². The standard InChI is InChI=1S/C13H29N3O2/c1-6-10(2)16-11(9-14)7-8-15-12(17)18-13(3,4)5/h10-11,16H,6-9,14H2,1-5H3,(H,15,17). The lowest BCUT2D eigenvalue weighted by Crippen LogP contribution is -2.43. The largest absolute Gasteiger partial charge is 0.444 e. The quantitative estimate of drug-likeness (QED) is 0.649. The molecule has 0 aliphatic carbocycles. The van der Waals surface area contributed by atoms with Gasteiger partial charge < -0.3 is 21.1 Å². The Balaban J connectivity index is 3.83. The van der Waals surface area contributed by atoms with Gasteiger partial charge in [0.25, 0.3) is 0 Å². The van der Waals surface area contributed by atoms with E-state index in [2.05, 4.69) is 24.5 Å². The topological polar surface area (TPSA) is 76.4 Å². The van der Waals surface area contributed by atoms with Crippen LogP contribution in [0.2, 0.25) is 0 Å². The third kappa shape index (κ3) is 9.24. The van der Waals surface area contributed by atoms with Crippen molar-refractivity contribution in [2.75, 3.05) is 13.1 Å². The van der Waals surface area contributed by atoms with Crippen molar-refractivity contribution < 1.29 is 9.53 Å². The van der Waals surface area contributed by atoms with Crippen LogP contribution in [0.15, 0.2) is 0 Å². The number of alkyl carbamates (subject to hydrolysis) is 1. The summed E-state index contributed by atoms with van der Waals surface area (Å²) < 4.78 is 5.15. The van der Waals surface area contributed by atoms with E-state index in [0.29, 0.717) is 19.1 Å². The Morgan fingerprint density at radius 2 is 2.00 bits per heavy atom. The summed E-state index contributed by atoms with van der Waals surface area (Å²) in [7, 11) is 0. The third-order valence-electron chi connectivity index (χ3n) is 2.58. The smallest absolute Gasteiger partial charge is 0.407 e. The van der Waals surface area contributed by atoms with Crippen molar-refractivity contribution in [3.63, 3.8) is 0 Å². The second-order valence-electron chi connectivity index (χ2n) is 5.63. The molecule has 108 valence electrons. The summed E-state index contributed by atoms with van der Waals surface area (Å²) in [5, 5.41) is 6.16. The van der Waals surface area contributed by atoms with Crippen molar-refractivity contribution in [3.05, 3.63) is 0 Å². The highest BCUT2D eigenvalue weighted by Gasteiger charge is 2.16. The van der Waals surface area contributed by atoms with Crippen LogP contribution in [0.3, 0.4) is 0 Å². The van der Waals surface area contributed by atoms with Gasteiger partial charge in [0, 0.05) is 25.2 Å². The molecule has 2 unspecified atom stereocenters. The summed E-state index contributed by atoms with van der Waals surface area (Å²) in [6.45, 7) is 10.9. The summed E-state index contributed by atoms with van der Waals surface area (Å²) >= 11 is 0. The summed E-state index contributed by atoms with van der Waals surface area (Å²) in [4.78, 5) is 11.4. The summed E-state index contributed by atoms with van der Waals surface area (Å²) in [5.41, 5.74) is 5.24. The highest BCUT2D eigenvalue weighted by molar-refractivity contribution is 5.67. The van der Waals surface area contributed by atoms with Gasteiger partial charge in [-0.05, 0) is 40.5 Å². The van der Waals surface area contributed by atoms with Crippen molar-refractivity contribution in [3.8, 4) is 0 Å². The van der Waals surface area contributed by atoms with Gasteiger partial charge in [-0.2, -0.15) is 0 Å². The molecular weight excluding hydrogens is 230 g/mol. The number of ether oxygens (including phenoxy) is 1. The molecule has 0 saturated heterocycles. The number of carbonyl (C=O) groups is 1. The van der Waals surface area contributed by atoms with Crippen molar-refractivity contribution in [1.82, 2.24) is 10.6 Å². The molecule has 0 rings (SSSR count). The maximum Gasteiger partial charge on any atom is 0.407 e. The van der Waals surface area contributed by atoms with Gasteiger partial charge >= 0.3 is 6.09 Å². The average molecular weight is 259 g/mol. The van der Waals surface area contributed by atoms with Crippen molar-refractivity contribution in [2.24, 2.45) is 5.73 Å². The lowest BCUT2D eigenvalue weighted by atomic mass is 10.1. The van der Waals surface area contributed by atoms with E-state index in [0.717, 1.165) is 12.8 Å². The Morgan fingerprint density at radius 3 is 2.44 bits per heavy atom. The molecule has 0 saturated carbocycles. The van der Waals surface area contributed by atoms with Crippen molar-refractivity contribution in [1.29, 1.82) is 0 Å². The van der Waals surface area contributed by atoms with Gasteiger partial charge in [0.2, 0.25) is 0 Å². The zero-order valence-electron chi connectivity index (χ0n) is 12.4. The molecule has 0 aromatic carbocycles. The first-order valence-electron chi connectivity index (χ1n) is 6.71. The lowest BCUT2D eigenvalue weighted by molar-refractivity contribution is 0.0526. The average Bonchev–Trinajstić information content (AvgIpc) is 2.24. The second-order valence-corrected chi connectivity index (χ2v) is 5.63. The molecular formula is C13H29N3O2. The molecule has 5 heteroatoms. The Labute approximate surface area is 111 Å². The van der Waals surface area contributed by atoms with E-state index < -0.39 is 5.60 Å². The predicted molar refractivity (Wildman–Crippen MR) is 74.6 cm³/mol. The molecule has 4 N–H and O–H groups in total. The number of amides is 1. The molecule has 0 aromatic rings. The number of rotatable bonds is 7. The maximum atomic E-state index is 11.4. The van der Waals surface area contributed by atoms with Crippen LogP contribution in [0.1, 0.15) is 47.5 Å². The van der Waals surface area contributed by atoms with Crippen molar-refractivity contribution >= 4 is 6.09 Å². The van der Waals surface area contributed by atoms with Gasteiger partial charge in [0.05, 0.1) is 0 Å². The highest BCUT2D eigenvalue weighted by Crippen LogP contribution is 2.06. The zero-order valence-corrected chi connectivity index (χ0v) is 12.4. The van der Waals surface area contributed by atoms with Crippen molar-refractivity contribution in [2.45, 2.75) is 65.1 Å². The molecule has 1 amide bonds. The first kappa shape index (κ1) is 17.2. The van der Waals surface area contributed by atoms with E-state index in [4.69, 9.17) is 10.5 Å². The minimum Gasteiger partial charge on any atom is -0.444 e. The molecule has 0 spiro atoms. The highest BCUT2D eigenvalue weighted by atomic mass is 16.6. The molecule has 18 heavy (non-hydrogen) atoms. The SMILES string of the molecule is CCC(C)NC(CN)CCNC(=O)OC(C)(C)C. The fourth-order valence-electron chi connectivity index (χ4n) is 1.45. The van der Waals surface area contributed by atoms with Gasteiger partial charge in [0.1, 0.15) is 5.60 Å². The first-order valence-corrected chi connectivity index (χ1v) is 6.71. The minimum atomic E-state index is -0.452. The number of carbonyl (C=O) groups excluding carboxylic acids is 1. The fraction of sp³-hybridized carbons (Fsp3) is 0.923. The Morgan fingerprint density at radius 1 is 1.39 bits per heavy atom. The van der Waals surface area contributed by atoms with Gasteiger partial charge in [-0.15, -0.1) is 0 Å². The Hall–Kier alpha value is -0.810. The molecule has 0 aliphatic heterocycles. The lowest BCUT2D eigenvalue weighted by Gasteiger charge is -2.22. The van der Waals surface area contributed by atoms with E-state index in [-0.39, 0.29) is 12.1 Å². The molecule has 0 heterocycles. The van der Waals surface area contributed by atoms with Gasteiger partial charge in [-0.25, -0.2) is 4.79 Å². The number of hydrogen-bond donors (Lipinski definition) is 3. The minimum absolute atomic E-state index is 0.231. The third-order valence-corrected chi connectivity index (χ3v) is 2.58. The molecule has 0 fully saturated rings. The van der Waals surface area contributed by atoms with E-state index >= 15 is 0 Å². The molecule has 0 bridgehead atoms. The van der Waals surface area contributed by atoms with Crippen LogP contribution >= 0.6 is 0 Å². The van der Waals surface area contributed by atoms with Crippen LogP contribution < -0.4 is 16.4 Å². The van der Waals surface area contributed by atoms with Gasteiger partial charge in [-0.1, -0.05) is 6.92 Å². The van der Waals surface area contributed by atoms with E-state index in [1.54, 1.807) is 0 Å². The molecule has 0 aliphatic rings. The number of hydrogen-bond acceptors (Lipinski definition) is 4. The number of nitrogens with one attached hydrogen (secondary N) is 2. The first-order chi connectivity index (χ1) is 8.28. The molecule has 2 atom stereocenters. The van der Waals surface area contributed by atoms with Gasteiger partial charge in [-0.3, -0.25) is 0 Å². The van der Waals surface area contributed by atoms with Crippen LogP contribution in [-0.2, 0) is 4.74 Å². The summed E-state index contributed by atoms with van der Waals surface area (Å²) in [6, 6.07) is 0.676. The zero-order chi connectivity index (χ0) is 14.2. The molecule has 0 aromatic heterocycles. The van der Waals surface area contributed by atoms with Crippen LogP contribution in [0, 0.1) is 0 Å². The van der Waals surface area contributed by atoms with E-state index in [9.17, 15) is 4.79 Å². The fourth-order valence-corrected chi connectivity index (χ4v) is 1.45. The summed E-state index contributed by atoms with van der Waals surface area (Å²) in [5.74, 6) is 0. The Bertz CT molecular complexity index is 239. The maximum absolute atomic E-state index is 11.4. The summed E-state index contributed by atoms with van der Waals surface area (Å²) in [6.07, 6.45) is 1.50. The van der Waals surface area contributed by atoms with Crippen LogP contribution in [0.4, 0.5) is 4.79 Å². The van der Waals surface area contributed by atoms with Crippen LogP contribution in [0.5, 0.6) is 0 Å². The predicted octanol–water partition coefficient (Wildman–Crippen LogP) is 1.62. The van der Waals surface area contributed by atoms with Crippen LogP contribution in [-0.4, -0.2) is 36.9 Å². The second kappa shape index (κ2) is 8.32. The van der Waals surface area contributed by atoms with E-state index in [1.807, 2.05) is 20.8 Å². The van der Waals surface area contributed by atoms with Crippen LogP contribution in [0.25, 0.3) is 0 Å². The number of nitrogens with two attached hydrogens (primary N) is 1. The molecule has 0 radical (unpaired) electrons. The van der Waals surface area contributed by atoms with Gasteiger partial charge in [0.15, 0.2) is 0 Å². The Kier molecular flexibility index (Phi) is 7.95. The normalized spacial score (nSPS) is 15.0. The monoisotopic (exact) mass is 259 g/mol. The molecule has 5 nitrogen and oxygen atoms in total.